The molecular weight excluding hydrogens is 164 g/mol. The number of nitrogens with zero attached hydrogens (tertiary/aromatic N) is 2. The molecule has 0 aliphatic carbocycles. The van der Waals surface area contributed by atoms with E-state index in [1.165, 1.54) is 0 Å². The van der Waals surface area contributed by atoms with Crippen molar-refractivity contribution >= 4 is 6.02 Å². The third-order valence-corrected chi connectivity index (χ3v) is 2.31. The van der Waals surface area contributed by atoms with Crippen molar-refractivity contribution in [2.75, 3.05) is 13.7 Å². The van der Waals surface area contributed by atoms with Gasteiger partial charge in [0.05, 0.1) is 6.04 Å². The number of amidine groups is 1. The molecule has 3 heteroatoms. The number of hydrogen-bond acceptors (Lipinski definition) is 2. The van der Waals surface area contributed by atoms with E-state index < -0.39 is 0 Å². The first-order chi connectivity index (χ1) is 6.00. The molecule has 3 nitrogen and oxygen atoms in total. The molecule has 0 bridgehead atoms. The van der Waals surface area contributed by atoms with Crippen LogP contribution in [0.5, 0.6) is 0 Å². The van der Waals surface area contributed by atoms with Crippen LogP contribution < -0.4 is 0 Å². The second-order valence-electron chi connectivity index (χ2n) is 4.29. The van der Waals surface area contributed by atoms with Gasteiger partial charge >= 0.3 is 0 Å². The summed E-state index contributed by atoms with van der Waals surface area (Å²) in [6, 6.07) is 1.01. The summed E-state index contributed by atoms with van der Waals surface area (Å²) >= 11 is 0. The zero-order chi connectivity index (χ0) is 10.1. The quantitative estimate of drug-likeness (QED) is 0.618. The molecule has 0 spiro atoms. The highest BCUT2D eigenvalue weighted by molar-refractivity contribution is 5.77. The van der Waals surface area contributed by atoms with Crippen molar-refractivity contribution < 1.29 is 4.74 Å². The lowest BCUT2D eigenvalue weighted by molar-refractivity contribution is 0.201. The maximum atomic E-state index is 5.45. The summed E-state index contributed by atoms with van der Waals surface area (Å²) in [5, 5.41) is 0. The topological polar surface area (TPSA) is 24.8 Å². The molecule has 0 N–H and O–H groups in total. The predicted molar refractivity (Wildman–Crippen MR) is 54.6 cm³/mol. The van der Waals surface area contributed by atoms with Crippen LogP contribution in [0.1, 0.15) is 20.8 Å². The standard InChI is InChI=1S/C10H18N2O/c1-6-12-8(10(2,3)4)7-13-9(12)11-5/h6,8H,1,7H2,2-5H3/b11-9+/t8-/m1/s1. The third kappa shape index (κ3) is 1.85. The Bertz CT molecular complexity index is 228. The van der Waals surface area contributed by atoms with Gasteiger partial charge in [0.1, 0.15) is 6.61 Å². The summed E-state index contributed by atoms with van der Waals surface area (Å²) in [6.45, 7) is 11.0. The van der Waals surface area contributed by atoms with E-state index in [0.29, 0.717) is 18.7 Å². The van der Waals surface area contributed by atoms with Crippen molar-refractivity contribution in [3.8, 4) is 0 Å². The molecule has 0 radical (unpaired) electrons. The zero-order valence-electron chi connectivity index (χ0n) is 8.87. The van der Waals surface area contributed by atoms with E-state index in [9.17, 15) is 0 Å². The molecule has 1 saturated heterocycles. The minimum absolute atomic E-state index is 0.181. The van der Waals surface area contributed by atoms with Crippen LogP contribution in [0.3, 0.4) is 0 Å². The molecule has 1 atom stereocenters. The lowest BCUT2D eigenvalue weighted by atomic mass is 9.87. The number of aliphatic imine (C=N–C) groups is 1. The van der Waals surface area contributed by atoms with E-state index in [1.807, 2.05) is 4.90 Å². The fourth-order valence-corrected chi connectivity index (χ4v) is 1.49. The highest BCUT2D eigenvalue weighted by Gasteiger charge is 2.37. The molecule has 0 aromatic rings. The summed E-state index contributed by atoms with van der Waals surface area (Å²) < 4.78 is 5.45. The molecular formula is C10H18N2O. The lowest BCUT2D eigenvalue weighted by Gasteiger charge is -2.30. The number of ether oxygens (including phenoxy) is 1. The molecule has 0 unspecified atom stereocenters. The number of rotatable bonds is 1. The SMILES string of the molecule is C=CN1/C(=N\C)OC[C@@H]1C(C)(C)C. The highest BCUT2D eigenvalue weighted by Crippen LogP contribution is 2.29. The van der Waals surface area contributed by atoms with Crippen molar-refractivity contribution in [2.45, 2.75) is 26.8 Å². The van der Waals surface area contributed by atoms with Crippen molar-refractivity contribution in [1.82, 2.24) is 4.90 Å². The summed E-state index contributed by atoms with van der Waals surface area (Å²) in [5.74, 6) is 0. The normalized spacial score (nSPS) is 26.3. The van der Waals surface area contributed by atoms with Gasteiger partial charge in [0.2, 0.25) is 0 Å². The van der Waals surface area contributed by atoms with Gasteiger partial charge in [0.15, 0.2) is 0 Å². The van der Waals surface area contributed by atoms with Crippen molar-refractivity contribution in [3.05, 3.63) is 12.8 Å². The van der Waals surface area contributed by atoms with E-state index in [-0.39, 0.29) is 5.41 Å². The first-order valence-corrected chi connectivity index (χ1v) is 4.51. The van der Waals surface area contributed by atoms with Crippen molar-refractivity contribution in [1.29, 1.82) is 0 Å². The highest BCUT2D eigenvalue weighted by atomic mass is 16.5. The Morgan fingerprint density at radius 2 is 2.23 bits per heavy atom. The van der Waals surface area contributed by atoms with E-state index in [4.69, 9.17) is 4.74 Å². The largest absolute Gasteiger partial charge is 0.463 e. The lowest BCUT2D eigenvalue weighted by Crippen LogP contribution is -2.39. The summed E-state index contributed by atoms with van der Waals surface area (Å²) in [6.07, 6.45) is 1.78. The van der Waals surface area contributed by atoms with Crippen molar-refractivity contribution in [3.63, 3.8) is 0 Å². The Morgan fingerprint density at radius 1 is 1.62 bits per heavy atom. The molecule has 1 rings (SSSR count). The Morgan fingerprint density at radius 3 is 2.62 bits per heavy atom. The predicted octanol–water partition coefficient (Wildman–Crippen LogP) is 1.86. The van der Waals surface area contributed by atoms with Gasteiger partial charge in [0, 0.05) is 13.2 Å². The summed E-state index contributed by atoms with van der Waals surface area (Å²) in [7, 11) is 1.73. The minimum atomic E-state index is 0.181. The smallest absolute Gasteiger partial charge is 0.291 e. The molecule has 1 aliphatic heterocycles. The van der Waals surface area contributed by atoms with Crippen molar-refractivity contribution in [2.24, 2.45) is 10.4 Å². The summed E-state index contributed by atoms with van der Waals surface area (Å²) in [5.41, 5.74) is 0.181. The van der Waals surface area contributed by atoms with E-state index in [2.05, 4.69) is 32.3 Å². The molecule has 0 aromatic heterocycles. The molecule has 1 aliphatic rings. The molecule has 0 saturated carbocycles. The Labute approximate surface area is 80.1 Å². The second kappa shape index (κ2) is 3.40. The van der Waals surface area contributed by atoms with Crippen LogP contribution in [0, 0.1) is 5.41 Å². The van der Waals surface area contributed by atoms with Crippen LogP contribution in [0.2, 0.25) is 0 Å². The van der Waals surface area contributed by atoms with Crippen LogP contribution in [0.15, 0.2) is 17.8 Å². The van der Waals surface area contributed by atoms with Gasteiger partial charge < -0.3 is 4.74 Å². The molecule has 1 heterocycles. The third-order valence-electron chi connectivity index (χ3n) is 2.31. The Hall–Kier alpha value is -0.990. The maximum absolute atomic E-state index is 5.45. The van der Waals surface area contributed by atoms with Gasteiger partial charge in [-0.15, -0.1) is 0 Å². The maximum Gasteiger partial charge on any atom is 0.291 e. The molecule has 0 aromatic carbocycles. The first kappa shape index (κ1) is 10.1. The van der Waals surface area contributed by atoms with Gasteiger partial charge in [-0.3, -0.25) is 4.90 Å². The van der Waals surface area contributed by atoms with Crippen LogP contribution in [-0.2, 0) is 4.74 Å². The van der Waals surface area contributed by atoms with Gasteiger partial charge in [-0.1, -0.05) is 27.4 Å². The molecule has 1 fully saturated rings. The van der Waals surface area contributed by atoms with E-state index >= 15 is 0 Å². The van der Waals surface area contributed by atoms with Gasteiger partial charge in [-0.2, -0.15) is 0 Å². The second-order valence-corrected chi connectivity index (χ2v) is 4.29. The van der Waals surface area contributed by atoms with Crippen LogP contribution in [-0.4, -0.2) is 30.6 Å². The van der Waals surface area contributed by atoms with Gasteiger partial charge in [0.25, 0.3) is 6.02 Å². The zero-order valence-corrected chi connectivity index (χ0v) is 8.87. The average molecular weight is 182 g/mol. The molecule has 0 amide bonds. The van der Waals surface area contributed by atoms with Crippen LogP contribution >= 0.6 is 0 Å². The Kier molecular flexibility index (Phi) is 2.64. The van der Waals surface area contributed by atoms with Gasteiger partial charge in [-0.05, 0) is 5.41 Å². The number of hydrogen-bond donors (Lipinski definition) is 0. The minimum Gasteiger partial charge on any atom is -0.463 e. The van der Waals surface area contributed by atoms with Crippen LogP contribution in [0.4, 0.5) is 0 Å². The Balaban J connectivity index is 2.86. The fraction of sp³-hybridized carbons (Fsp3) is 0.700. The van der Waals surface area contributed by atoms with Crippen LogP contribution in [0.25, 0.3) is 0 Å². The monoisotopic (exact) mass is 182 g/mol. The van der Waals surface area contributed by atoms with Gasteiger partial charge in [-0.25, -0.2) is 4.99 Å². The van der Waals surface area contributed by atoms with E-state index in [1.54, 1.807) is 13.2 Å². The molecule has 13 heavy (non-hydrogen) atoms. The average Bonchev–Trinajstić information content (AvgIpc) is 2.45. The summed E-state index contributed by atoms with van der Waals surface area (Å²) in [4.78, 5) is 6.05. The first-order valence-electron chi connectivity index (χ1n) is 4.51. The molecule has 74 valence electrons. The van der Waals surface area contributed by atoms with E-state index in [0.717, 1.165) is 0 Å². The fourth-order valence-electron chi connectivity index (χ4n) is 1.49.